The smallest absolute Gasteiger partial charge is 0.294 e. The molecule has 1 aliphatic heterocycles. The molecular weight excluding hydrogens is 428 g/mol. The van der Waals surface area contributed by atoms with Crippen LogP contribution in [0.15, 0.2) is 94.9 Å². The summed E-state index contributed by atoms with van der Waals surface area (Å²) in [4.78, 5) is 32.5. The Balaban J connectivity index is 1.62. The van der Waals surface area contributed by atoms with Gasteiger partial charge in [-0.25, -0.2) is 0 Å². The lowest BCUT2D eigenvalue weighted by atomic mass is 9.87. The maximum absolute atomic E-state index is 13.6. The van der Waals surface area contributed by atoms with Gasteiger partial charge >= 0.3 is 0 Å². The normalized spacial score (nSPS) is 16.5. The molecule has 0 saturated carbocycles. The molecule has 0 bridgehead atoms. The van der Waals surface area contributed by atoms with E-state index in [9.17, 15) is 14.7 Å². The summed E-state index contributed by atoms with van der Waals surface area (Å²) in [5, 5.41) is 11.7. The number of benzene rings is 2. The van der Waals surface area contributed by atoms with Crippen LogP contribution in [0.4, 0.5) is 5.69 Å². The van der Waals surface area contributed by atoms with Crippen LogP contribution >= 0.6 is 0 Å². The quantitative estimate of drug-likeness (QED) is 0.389. The Labute approximate surface area is 197 Å². The van der Waals surface area contributed by atoms with Crippen LogP contribution in [0.25, 0.3) is 11.0 Å². The van der Waals surface area contributed by atoms with Gasteiger partial charge in [-0.2, -0.15) is 0 Å². The maximum atomic E-state index is 13.6. The number of nitrogens with zero attached hydrogens (tertiary/aromatic N) is 2. The van der Waals surface area contributed by atoms with E-state index in [1.165, 1.54) is 4.90 Å². The molecular formula is C28H24N2O4. The molecule has 6 heteroatoms. The lowest BCUT2D eigenvalue weighted by Gasteiger charge is -2.27. The Hall–Kier alpha value is -4.19. The molecule has 0 saturated heterocycles. The average molecular weight is 453 g/mol. The summed E-state index contributed by atoms with van der Waals surface area (Å²) in [6.07, 6.45) is 3.21. The summed E-state index contributed by atoms with van der Waals surface area (Å²) in [5.41, 5.74) is 2.76. The molecule has 5 rings (SSSR count). The molecule has 0 radical (unpaired) electrons. The van der Waals surface area contributed by atoms with E-state index in [2.05, 4.69) is 25.8 Å². The summed E-state index contributed by atoms with van der Waals surface area (Å²) in [6, 6.07) is 19.2. The van der Waals surface area contributed by atoms with E-state index in [1.807, 2.05) is 42.5 Å². The highest BCUT2D eigenvalue weighted by atomic mass is 16.3. The molecule has 2 aromatic heterocycles. The summed E-state index contributed by atoms with van der Waals surface area (Å²) >= 11 is 0. The number of fused-ring (bicyclic) bond motifs is 1. The number of para-hydroxylation sites is 1. The molecule has 0 aliphatic carbocycles. The first-order valence-electron chi connectivity index (χ1n) is 11.1. The molecule has 6 nitrogen and oxygen atoms in total. The van der Waals surface area contributed by atoms with Crippen LogP contribution in [-0.4, -0.2) is 21.8 Å². The number of aliphatic hydroxyl groups excluding tert-OH is 1. The molecule has 1 aliphatic rings. The Morgan fingerprint density at radius 2 is 1.76 bits per heavy atom. The van der Waals surface area contributed by atoms with E-state index in [1.54, 1.807) is 36.7 Å². The Morgan fingerprint density at radius 3 is 2.41 bits per heavy atom. The van der Waals surface area contributed by atoms with E-state index >= 15 is 0 Å². The number of carbonyl (C=O) groups is 2. The summed E-state index contributed by atoms with van der Waals surface area (Å²) in [7, 11) is 0. The predicted molar refractivity (Wildman–Crippen MR) is 130 cm³/mol. The average Bonchev–Trinajstić information content (AvgIpc) is 3.38. The van der Waals surface area contributed by atoms with Crippen molar-refractivity contribution in [2.75, 3.05) is 4.90 Å². The van der Waals surface area contributed by atoms with Gasteiger partial charge in [0.1, 0.15) is 5.58 Å². The molecule has 0 fully saturated rings. The third-order valence-corrected chi connectivity index (χ3v) is 6.11. The van der Waals surface area contributed by atoms with Gasteiger partial charge in [0.15, 0.2) is 11.5 Å². The number of amides is 1. The lowest BCUT2D eigenvalue weighted by Crippen LogP contribution is -2.31. The fourth-order valence-electron chi connectivity index (χ4n) is 4.31. The van der Waals surface area contributed by atoms with Crippen molar-refractivity contribution in [3.63, 3.8) is 0 Å². The zero-order valence-corrected chi connectivity index (χ0v) is 19.1. The Bertz CT molecular complexity index is 1390. The fraction of sp³-hybridized carbons (Fsp3) is 0.179. The summed E-state index contributed by atoms with van der Waals surface area (Å²) < 4.78 is 5.76. The maximum Gasteiger partial charge on any atom is 0.294 e. The Kier molecular flexibility index (Phi) is 5.09. The van der Waals surface area contributed by atoms with Crippen LogP contribution in [0, 0.1) is 0 Å². The first-order chi connectivity index (χ1) is 16.3. The highest BCUT2D eigenvalue weighted by molar-refractivity contribution is 6.20. The minimum atomic E-state index is -0.845. The predicted octanol–water partition coefficient (Wildman–Crippen LogP) is 5.91. The van der Waals surface area contributed by atoms with Gasteiger partial charge in [-0.3, -0.25) is 19.5 Å². The van der Waals surface area contributed by atoms with Crippen LogP contribution in [0.1, 0.15) is 48.5 Å². The van der Waals surface area contributed by atoms with Crippen LogP contribution in [0.5, 0.6) is 0 Å². The minimum absolute atomic E-state index is 0.0306. The highest BCUT2D eigenvalue weighted by Crippen LogP contribution is 2.42. The SMILES string of the molecule is CC(C)(C)c1ccc(N2C(=O)C(O)=C(C(=O)c3cc4ccccc4o3)C2c2cccnc2)cc1. The van der Waals surface area contributed by atoms with Crippen molar-refractivity contribution in [1.29, 1.82) is 0 Å². The molecule has 4 aromatic rings. The second-order valence-corrected chi connectivity index (χ2v) is 9.40. The monoisotopic (exact) mass is 452 g/mol. The molecule has 1 unspecified atom stereocenters. The van der Waals surface area contributed by atoms with Crippen molar-refractivity contribution < 1.29 is 19.1 Å². The van der Waals surface area contributed by atoms with Crippen molar-refractivity contribution >= 4 is 28.3 Å². The van der Waals surface area contributed by atoms with Crippen LogP contribution < -0.4 is 4.90 Å². The largest absolute Gasteiger partial charge is 0.503 e. The molecule has 2 aromatic carbocycles. The zero-order valence-electron chi connectivity index (χ0n) is 19.1. The third kappa shape index (κ3) is 3.57. The number of aromatic nitrogens is 1. The zero-order chi connectivity index (χ0) is 24.0. The number of hydrogen-bond donors (Lipinski definition) is 1. The molecule has 0 spiro atoms. The number of pyridine rings is 1. The third-order valence-electron chi connectivity index (χ3n) is 6.11. The van der Waals surface area contributed by atoms with Gasteiger partial charge < -0.3 is 9.52 Å². The number of carbonyl (C=O) groups excluding carboxylic acids is 2. The number of Topliss-reactive ketones (excluding diaryl/α,β-unsaturated/α-hetero) is 1. The molecule has 1 amide bonds. The van der Waals surface area contributed by atoms with Gasteiger partial charge in [0.25, 0.3) is 5.91 Å². The molecule has 1 atom stereocenters. The van der Waals surface area contributed by atoms with Crippen molar-refractivity contribution in [3.05, 3.63) is 107 Å². The van der Waals surface area contributed by atoms with E-state index in [0.29, 0.717) is 16.8 Å². The number of ketones is 1. The van der Waals surface area contributed by atoms with E-state index < -0.39 is 23.5 Å². The molecule has 1 N–H and O–H groups in total. The minimum Gasteiger partial charge on any atom is -0.503 e. The van der Waals surface area contributed by atoms with Gasteiger partial charge in [0, 0.05) is 23.5 Å². The first kappa shape index (κ1) is 21.6. The summed E-state index contributed by atoms with van der Waals surface area (Å²) in [6.45, 7) is 6.33. The van der Waals surface area contributed by atoms with E-state index in [0.717, 1.165) is 10.9 Å². The topological polar surface area (TPSA) is 83.6 Å². The summed E-state index contributed by atoms with van der Waals surface area (Å²) in [5.74, 6) is -1.70. The number of furan rings is 1. The second-order valence-electron chi connectivity index (χ2n) is 9.40. The van der Waals surface area contributed by atoms with Crippen LogP contribution in [-0.2, 0) is 10.2 Å². The first-order valence-corrected chi connectivity index (χ1v) is 11.1. The van der Waals surface area contributed by atoms with Crippen LogP contribution in [0.3, 0.4) is 0 Å². The van der Waals surface area contributed by atoms with Gasteiger partial charge in [0.2, 0.25) is 5.78 Å². The van der Waals surface area contributed by atoms with Gasteiger partial charge in [-0.15, -0.1) is 0 Å². The number of rotatable bonds is 4. The van der Waals surface area contributed by atoms with E-state index in [-0.39, 0.29) is 16.7 Å². The molecule has 170 valence electrons. The molecule has 34 heavy (non-hydrogen) atoms. The van der Waals surface area contributed by atoms with E-state index in [4.69, 9.17) is 4.42 Å². The van der Waals surface area contributed by atoms with Crippen molar-refractivity contribution in [1.82, 2.24) is 4.98 Å². The van der Waals surface area contributed by atoms with Gasteiger partial charge in [0.05, 0.1) is 11.6 Å². The van der Waals surface area contributed by atoms with Gasteiger partial charge in [-0.1, -0.05) is 57.2 Å². The fourth-order valence-corrected chi connectivity index (χ4v) is 4.31. The highest BCUT2D eigenvalue weighted by Gasteiger charge is 2.45. The van der Waals surface area contributed by atoms with Crippen molar-refractivity contribution in [3.8, 4) is 0 Å². The second kappa shape index (κ2) is 7.99. The van der Waals surface area contributed by atoms with Crippen molar-refractivity contribution in [2.45, 2.75) is 32.2 Å². The lowest BCUT2D eigenvalue weighted by molar-refractivity contribution is -0.117. The van der Waals surface area contributed by atoms with Crippen LogP contribution in [0.2, 0.25) is 0 Å². The number of hydrogen-bond acceptors (Lipinski definition) is 5. The Morgan fingerprint density at radius 1 is 1.03 bits per heavy atom. The number of aliphatic hydroxyl groups is 1. The standard InChI is InChI=1S/C28H24N2O4/c1-28(2,3)19-10-12-20(13-11-19)30-24(18-8-6-14-29-16-18)23(26(32)27(30)33)25(31)22-15-17-7-4-5-9-21(17)34-22/h4-16,24,32H,1-3H3. The van der Waals surface area contributed by atoms with Crippen molar-refractivity contribution in [2.24, 2.45) is 0 Å². The molecule has 3 heterocycles. The number of anilines is 1. The van der Waals surface area contributed by atoms with Gasteiger partial charge in [-0.05, 0) is 46.9 Å².